The maximum atomic E-state index is 12.1. The summed E-state index contributed by atoms with van der Waals surface area (Å²) < 4.78 is 5.33. The molecule has 0 atom stereocenters. The van der Waals surface area contributed by atoms with Crippen molar-refractivity contribution < 1.29 is 9.53 Å². The van der Waals surface area contributed by atoms with Crippen LogP contribution in [-0.2, 0) is 8.16 Å². The zero-order chi connectivity index (χ0) is 13.3. The third-order valence-corrected chi connectivity index (χ3v) is 2.77. The molecule has 0 fully saturated rings. The quantitative estimate of drug-likeness (QED) is 0.453. The first kappa shape index (κ1) is 14.5. The van der Waals surface area contributed by atoms with Crippen LogP contribution in [-0.4, -0.2) is 11.6 Å². The number of esters is 1. The van der Waals surface area contributed by atoms with Crippen molar-refractivity contribution in [3.05, 3.63) is 35.4 Å². The van der Waals surface area contributed by atoms with Crippen molar-refractivity contribution in [2.75, 3.05) is 0 Å². The van der Waals surface area contributed by atoms with Crippen LogP contribution >= 0.6 is 22.6 Å². The SMILES string of the molecule is CC(C)(C)OC(=O)c1ccccc1C(C)(C)I. The summed E-state index contributed by atoms with van der Waals surface area (Å²) in [5.41, 5.74) is 1.20. The summed E-state index contributed by atoms with van der Waals surface area (Å²) in [6, 6.07) is 7.62. The molecular formula is C14H19IO2. The predicted molar refractivity (Wildman–Crippen MR) is 78.7 cm³/mol. The van der Waals surface area contributed by atoms with Gasteiger partial charge in [0.1, 0.15) is 5.60 Å². The lowest BCUT2D eigenvalue weighted by Crippen LogP contribution is -2.25. The average molecular weight is 346 g/mol. The minimum absolute atomic E-state index is 0.0920. The molecule has 1 aromatic carbocycles. The number of hydrogen-bond acceptors (Lipinski definition) is 2. The molecule has 0 aliphatic heterocycles. The Morgan fingerprint density at radius 3 is 2.12 bits per heavy atom. The van der Waals surface area contributed by atoms with Gasteiger partial charge in [0, 0.05) is 3.42 Å². The van der Waals surface area contributed by atoms with E-state index in [4.69, 9.17) is 4.74 Å². The summed E-state index contributed by atoms with van der Waals surface area (Å²) in [4.78, 5) is 12.1. The van der Waals surface area contributed by atoms with Crippen molar-refractivity contribution >= 4 is 28.6 Å². The molecule has 0 aliphatic carbocycles. The van der Waals surface area contributed by atoms with Crippen LogP contribution in [0.5, 0.6) is 0 Å². The molecule has 17 heavy (non-hydrogen) atoms. The lowest BCUT2D eigenvalue weighted by molar-refractivity contribution is 0.00678. The van der Waals surface area contributed by atoms with E-state index in [1.165, 1.54) is 0 Å². The Morgan fingerprint density at radius 2 is 1.65 bits per heavy atom. The maximum absolute atomic E-state index is 12.1. The Balaban J connectivity index is 3.11. The normalized spacial score (nSPS) is 12.4. The minimum atomic E-state index is -0.459. The molecule has 2 nitrogen and oxygen atoms in total. The highest BCUT2D eigenvalue weighted by atomic mass is 127. The van der Waals surface area contributed by atoms with Gasteiger partial charge in [-0.3, -0.25) is 0 Å². The van der Waals surface area contributed by atoms with Crippen LogP contribution in [0.1, 0.15) is 50.5 Å². The Bertz CT molecular complexity index is 411. The first-order valence-electron chi connectivity index (χ1n) is 5.63. The third-order valence-electron chi connectivity index (χ3n) is 2.19. The first-order chi connectivity index (χ1) is 7.61. The Kier molecular flexibility index (Phi) is 4.23. The van der Waals surface area contributed by atoms with E-state index in [1.807, 2.05) is 45.0 Å². The molecule has 0 aliphatic rings. The Hall–Kier alpha value is -0.580. The van der Waals surface area contributed by atoms with Gasteiger partial charge < -0.3 is 4.74 Å². The van der Waals surface area contributed by atoms with E-state index in [9.17, 15) is 4.79 Å². The summed E-state index contributed by atoms with van der Waals surface area (Å²) >= 11 is 2.33. The highest BCUT2D eigenvalue weighted by molar-refractivity contribution is 14.1. The number of benzene rings is 1. The van der Waals surface area contributed by atoms with Gasteiger partial charge in [0.15, 0.2) is 0 Å². The number of carbonyl (C=O) groups excluding carboxylic acids is 1. The zero-order valence-corrected chi connectivity index (χ0v) is 13.2. The second kappa shape index (κ2) is 4.96. The molecule has 0 spiro atoms. The molecule has 0 bridgehead atoms. The average Bonchev–Trinajstić information content (AvgIpc) is 2.13. The molecule has 0 saturated heterocycles. The molecule has 0 N–H and O–H groups in total. The van der Waals surface area contributed by atoms with E-state index in [0.717, 1.165) is 5.56 Å². The molecule has 0 saturated carbocycles. The molecule has 3 heteroatoms. The van der Waals surface area contributed by atoms with Gasteiger partial charge >= 0.3 is 5.97 Å². The Morgan fingerprint density at radius 1 is 1.12 bits per heavy atom. The van der Waals surface area contributed by atoms with Crippen LogP contribution < -0.4 is 0 Å². The van der Waals surface area contributed by atoms with Crippen LogP contribution in [0.2, 0.25) is 0 Å². The lowest BCUT2D eigenvalue weighted by Gasteiger charge is -2.24. The number of carbonyl (C=O) groups is 1. The number of hydrogen-bond donors (Lipinski definition) is 0. The number of alkyl halides is 1. The van der Waals surface area contributed by atoms with E-state index >= 15 is 0 Å². The van der Waals surface area contributed by atoms with E-state index in [1.54, 1.807) is 0 Å². The van der Waals surface area contributed by atoms with E-state index in [0.29, 0.717) is 5.56 Å². The number of halogens is 1. The largest absolute Gasteiger partial charge is 0.456 e. The van der Waals surface area contributed by atoms with Crippen LogP contribution in [0.4, 0.5) is 0 Å². The summed E-state index contributed by atoms with van der Waals surface area (Å²) in [6.45, 7) is 9.79. The van der Waals surface area contributed by atoms with E-state index < -0.39 is 5.60 Å². The van der Waals surface area contributed by atoms with Crippen LogP contribution in [0, 0.1) is 0 Å². The van der Waals surface area contributed by atoms with Gasteiger partial charge in [-0.05, 0) is 46.2 Å². The van der Waals surface area contributed by atoms with Crippen LogP contribution in [0.25, 0.3) is 0 Å². The van der Waals surface area contributed by atoms with Gasteiger partial charge in [0.2, 0.25) is 0 Å². The molecule has 0 heterocycles. The fourth-order valence-electron chi connectivity index (χ4n) is 1.51. The second-order valence-corrected chi connectivity index (χ2v) is 8.22. The standard InChI is InChI=1S/C14H19IO2/c1-13(2,3)17-12(16)10-8-6-7-9-11(10)14(4,5)15/h6-9H,1-5H3. The van der Waals surface area contributed by atoms with Gasteiger partial charge in [0.25, 0.3) is 0 Å². The fraction of sp³-hybridized carbons (Fsp3) is 0.500. The highest BCUT2D eigenvalue weighted by Gasteiger charge is 2.25. The topological polar surface area (TPSA) is 26.3 Å². The maximum Gasteiger partial charge on any atom is 0.338 e. The number of rotatable bonds is 2. The monoisotopic (exact) mass is 346 g/mol. The minimum Gasteiger partial charge on any atom is -0.456 e. The van der Waals surface area contributed by atoms with Crippen LogP contribution in [0.15, 0.2) is 24.3 Å². The zero-order valence-electron chi connectivity index (χ0n) is 11.0. The van der Waals surface area contributed by atoms with Crippen LogP contribution in [0.3, 0.4) is 0 Å². The lowest BCUT2D eigenvalue weighted by atomic mass is 9.97. The molecule has 94 valence electrons. The molecule has 0 aromatic heterocycles. The fourth-order valence-corrected chi connectivity index (χ4v) is 1.98. The molecule has 0 unspecified atom stereocenters. The van der Waals surface area contributed by atoms with Crippen molar-refractivity contribution in [3.8, 4) is 0 Å². The van der Waals surface area contributed by atoms with Crippen molar-refractivity contribution in [1.29, 1.82) is 0 Å². The second-order valence-electron chi connectivity index (χ2n) is 5.52. The summed E-state index contributed by atoms with van der Waals surface area (Å²) in [5.74, 6) is -0.252. The molecule has 1 aromatic rings. The predicted octanol–water partition coefficient (Wildman–Crippen LogP) is 4.31. The molecule has 1 rings (SSSR count). The highest BCUT2D eigenvalue weighted by Crippen LogP contribution is 2.33. The summed E-state index contributed by atoms with van der Waals surface area (Å²) in [7, 11) is 0. The third kappa shape index (κ3) is 4.30. The van der Waals surface area contributed by atoms with Crippen molar-refractivity contribution in [1.82, 2.24) is 0 Å². The molecule has 0 amide bonds. The first-order valence-corrected chi connectivity index (χ1v) is 6.71. The molecule has 0 radical (unpaired) electrons. The smallest absolute Gasteiger partial charge is 0.338 e. The summed E-state index contributed by atoms with van der Waals surface area (Å²) in [6.07, 6.45) is 0. The molecular weight excluding hydrogens is 327 g/mol. The van der Waals surface area contributed by atoms with E-state index in [-0.39, 0.29) is 9.39 Å². The van der Waals surface area contributed by atoms with Gasteiger partial charge in [-0.25, -0.2) is 4.79 Å². The summed E-state index contributed by atoms with van der Waals surface area (Å²) in [5, 5.41) is 0. The Labute approximate surface area is 117 Å². The van der Waals surface area contributed by atoms with Crippen molar-refractivity contribution in [3.63, 3.8) is 0 Å². The van der Waals surface area contributed by atoms with Gasteiger partial charge in [-0.2, -0.15) is 0 Å². The van der Waals surface area contributed by atoms with E-state index in [2.05, 4.69) is 36.4 Å². The number of ether oxygens (including phenoxy) is 1. The van der Waals surface area contributed by atoms with Gasteiger partial charge in [-0.1, -0.05) is 40.8 Å². The van der Waals surface area contributed by atoms with Gasteiger partial charge in [0.05, 0.1) is 5.56 Å². The van der Waals surface area contributed by atoms with Gasteiger partial charge in [-0.15, -0.1) is 0 Å². The van der Waals surface area contributed by atoms with Crippen molar-refractivity contribution in [2.24, 2.45) is 0 Å². The van der Waals surface area contributed by atoms with Crippen molar-refractivity contribution in [2.45, 2.75) is 43.6 Å².